The minimum atomic E-state index is -0.814. The first-order valence-corrected chi connectivity index (χ1v) is 18.7. The molecule has 1 saturated heterocycles. The number of methoxy groups -OCH3 is 1. The van der Waals surface area contributed by atoms with Crippen LogP contribution in [-0.2, 0) is 16.2 Å². The predicted octanol–water partition coefficient (Wildman–Crippen LogP) is 9.78. The van der Waals surface area contributed by atoms with E-state index in [-0.39, 0.29) is 40.5 Å². The molecule has 3 aliphatic heterocycles. The maximum Gasteiger partial charge on any atom is 0.335 e. The Kier molecular flexibility index (Phi) is 9.83. The van der Waals surface area contributed by atoms with Gasteiger partial charge in [-0.2, -0.15) is 0 Å². The number of nitrogens with one attached hydrogen (secondary N) is 1. The first-order valence-electron chi connectivity index (χ1n) is 17.6. The molecule has 1 N–H and O–H groups in total. The molecule has 54 heavy (non-hydrogen) atoms. The summed E-state index contributed by atoms with van der Waals surface area (Å²) in [5.74, 6) is -0.910. The van der Waals surface area contributed by atoms with Crippen molar-refractivity contribution >= 4 is 70.1 Å². The highest BCUT2D eigenvalue weighted by Crippen LogP contribution is 2.50. The second-order valence-electron chi connectivity index (χ2n) is 13.5. The Hall–Kier alpha value is -5.28. The van der Waals surface area contributed by atoms with Crippen LogP contribution in [-0.4, -0.2) is 38.0 Å². The number of anilines is 2. The highest BCUT2D eigenvalue weighted by molar-refractivity contribution is 6.42. The lowest BCUT2D eigenvalue weighted by atomic mass is 9.76. The lowest BCUT2D eigenvalue weighted by Crippen LogP contribution is -2.54. The number of carbonyl (C=O) groups is 3. The molecule has 3 heterocycles. The van der Waals surface area contributed by atoms with Crippen LogP contribution in [0.4, 0.5) is 16.2 Å². The second kappa shape index (κ2) is 14.9. The van der Waals surface area contributed by atoms with E-state index in [0.29, 0.717) is 21.3 Å². The van der Waals surface area contributed by atoms with Crippen LogP contribution in [0.15, 0.2) is 109 Å². The quantitative estimate of drug-likeness (QED) is 0.125. The summed E-state index contributed by atoms with van der Waals surface area (Å²) < 4.78 is 11.6. The summed E-state index contributed by atoms with van der Waals surface area (Å²) in [6.07, 6.45) is 3.17. The van der Waals surface area contributed by atoms with E-state index in [1.165, 1.54) is 24.3 Å². The summed E-state index contributed by atoms with van der Waals surface area (Å²) >= 11 is 18.9. The molecule has 5 aromatic carbocycles. The van der Waals surface area contributed by atoms with E-state index in [0.717, 1.165) is 53.2 Å². The Morgan fingerprint density at radius 2 is 1.39 bits per heavy atom. The third-order valence-electron chi connectivity index (χ3n) is 10.3. The summed E-state index contributed by atoms with van der Waals surface area (Å²) in [7, 11) is 1.46. The SMILES string of the molecule is COc1cc(/C=C2\C(=O)NC(=O)N(c3cc4c5c(c3)[C@@H](c3ccccc3)CCN5CC[C@@H]4c3ccccc3)C2=O)cc(Cl)c1OCc1ccc(Cl)c(Cl)c1. The van der Waals surface area contributed by atoms with Gasteiger partial charge in [-0.1, -0.05) is 102 Å². The van der Waals surface area contributed by atoms with Crippen LogP contribution in [0.5, 0.6) is 11.5 Å². The van der Waals surface area contributed by atoms with Gasteiger partial charge in [0.05, 0.1) is 27.9 Å². The topological polar surface area (TPSA) is 88.2 Å². The zero-order chi connectivity index (χ0) is 37.5. The van der Waals surface area contributed by atoms with E-state index in [1.54, 1.807) is 30.3 Å². The molecule has 272 valence electrons. The summed E-state index contributed by atoms with van der Waals surface area (Å²) in [5, 5.41) is 3.41. The van der Waals surface area contributed by atoms with Gasteiger partial charge < -0.3 is 14.4 Å². The minimum Gasteiger partial charge on any atom is -0.493 e. The van der Waals surface area contributed by atoms with E-state index >= 15 is 0 Å². The Morgan fingerprint density at radius 3 is 1.98 bits per heavy atom. The number of urea groups is 1. The molecular formula is C43H34Cl3N3O5. The van der Waals surface area contributed by atoms with Crippen LogP contribution in [0.2, 0.25) is 15.1 Å². The predicted molar refractivity (Wildman–Crippen MR) is 212 cm³/mol. The maximum absolute atomic E-state index is 14.4. The van der Waals surface area contributed by atoms with Gasteiger partial charge in [-0.25, -0.2) is 9.69 Å². The maximum atomic E-state index is 14.4. The molecule has 1 fully saturated rings. The lowest BCUT2D eigenvalue weighted by Gasteiger charge is -2.44. The van der Waals surface area contributed by atoms with Gasteiger partial charge in [0, 0.05) is 30.6 Å². The summed E-state index contributed by atoms with van der Waals surface area (Å²) in [6, 6.07) is 32.0. The van der Waals surface area contributed by atoms with Crippen molar-refractivity contribution in [2.75, 3.05) is 30.0 Å². The zero-order valence-corrected chi connectivity index (χ0v) is 31.4. The Balaban J connectivity index is 1.18. The molecule has 0 aliphatic carbocycles. The number of halogens is 3. The first-order chi connectivity index (χ1) is 26.2. The number of carbonyl (C=O) groups excluding carboxylic acids is 3. The molecule has 4 amide bonds. The van der Waals surface area contributed by atoms with Crippen molar-refractivity contribution in [3.63, 3.8) is 0 Å². The molecule has 5 aromatic rings. The van der Waals surface area contributed by atoms with Crippen LogP contribution in [0.25, 0.3) is 6.08 Å². The average Bonchev–Trinajstić information content (AvgIpc) is 3.18. The van der Waals surface area contributed by atoms with Gasteiger partial charge in [0.1, 0.15) is 12.2 Å². The molecule has 0 unspecified atom stereocenters. The van der Waals surface area contributed by atoms with Gasteiger partial charge in [-0.15, -0.1) is 0 Å². The fourth-order valence-corrected chi connectivity index (χ4v) is 8.37. The molecule has 11 heteroatoms. The Labute approximate surface area is 327 Å². The van der Waals surface area contributed by atoms with Crippen molar-refractivity contribution in [3.05, 3.63) is 157 Å². The van der Waals surface area contributed by atoms with Crippen LogP contribution < -0.4 is 24.6 Å². The van der Waals surface area contributed by atoms with Gasteiger partial charge in [-0.3, -0.25) is 14.9 Å². The third-order valence-corrected chi connectivity index (χ3v) is 11.3. The number of hydrogen-bond donors (Lipinski definition) is 1. The smallest absolute Gasteiger partial charge is 0.335 e. The Bertz CT molecular complexity index is 2260. The second-order valence-corrected chi connectivity index (χ2v) is 14.7. The van der Waals surface area contributed by atoms with Gasteiger partial charge in [0.2, 0.25) is 0 Å². The van der Waals surface area contributed by atoms with Crippen molar-refractivity contribution in [2.45, 2.75) is 31.3 Å². The number of imide groups is 2. The van der Waals surface area contributed by atoms with E-state index in [2.05, 4.69) is 34.5 Å². The van der Waals surface area contributed by atoms with Crippen molar-refractivity contribution in [1.29, 1.82) is 0 Å². The fraction of sp³-hybridized carbons (Fsp3) is 0.186. The molecule has 8 rings (SSSR count). The van der Waals surface area contributed by atoms with Crippen molar-refractivity contribution in [3.8, 4) is 11.5 Å². The normalized spacial score (nSPS) is 18.7. The number of hydrogen-bond acceptors (Lipinski definition) is 6. The number of nitrogens with zero attached hydrogens (tertiary/aromatic N) is 2. The standard InChI is InChI=1S/C43H34Cl3N3O5/c1-53-38-21-26(20-37(46)40(38)54-24-25-12-13-35(44)36(45)19-25)18-34-41(50)47-43(52)49(42(34)51)29-22-32-30(27-8-4-2-5-9-27)14-16-48-17-15-31(33(23-29)39(32)48)28-10-6-3-7-11-28/h2-13,18-23,30-31H,14-17,24H2,1H3,(H,47,50,52)/b34-18+/t30-,31-/m1/s1. The van der Waals surface area contributed by atoms with Crippen LogP contribution >= 0.6 is 34.8 Å². The van der Waals surface area contributed by atoms with E-state index in [4.69, 9.17) is 44.3 Å². The van der Waals surface area contributed by atoms with Crippen molar-refractivity contribution < 1.29 is 23.9 Å². The molecule has 2 atom stereocenters. The summed E-state index contributed by atoms with van der Waals surface area (Å²) in [5.41, 5.74) is 6.92. The summed E-state index contributed by atoms with van der Waals surface area (Å²) in [6.45, 7) is 1.93. The van der Waals surface area contributed by atoms with E-state index < -0.39 is 17.8 Å². The van der Waals surface area contributed by atoms with Crippen LogP contribution in [0, 0.1) is 0 Å². The summed E-state index contributed by atoms with van der Waals surface area (Å²) in [4.78, 5) is 44.8. The fourth-order valence-electron chi connectivity index (χ4n) is 7.78. The molecule has 0 spiro atoms. The highest BCUT2D eigenvalue weighted by Gasteiger charge is 2.40. The van der Waals surface area contributed by atoms with E-state index in [9.17, 15) is 14.4 Å². The number of amides is 4. The highest BCUT2D eigenvalue weighted by atomic mass is 35.5. The van der Waals surface area contributed by atoms with Gasteiger partial charge in [0.25, 0.3) is 11.8 Å². The van der Waals surface area contributed by atoms with Gasteiger partial charge in [-0.05, 0) is 88.7 Å². The average molecular weight is 779 g/mol. The van der Waals surface area contributed by atoms with Gasteiger partial charge in [0.15, 0.2) is 11.5 Å². The molecule has 8 nitrogen and oxygen atoms in total. The van der Waals surface area contributed by atoms with Crippen molar-refractivity contribution in [1.82, 2.24) is 5.32 Å². The largest absolute Gasteiger partial charge is 0.493 e. The first kappa shape index (κ1) is 35.7. The van der Waals surface area contributed by atoms with Crippen LogP contribution in [0.1, 0.15) is 58.1 Å². The van der Waals surface area contributed by atoms with E-state index in [1.807, 2.05) is 48.5 Å². The minimum absolute atomic E-state index is 0.0530. The number of ether oxygens (including phenoxy) is 2. The number of rotatable bonds is 8. The zero-order valence-electron chi connectivity index (χ0n) is 29.2. The molecule has 0 radical (unpaired) electrons. The van der Waals surface area contributed by atoms with Crippen molar-refractivity contribution in [2.24, 2.45) is 0 Å². The lowest BCUT2D eigenvalue weighted by molar-refractivity contribution is -0.122. The van der Waals surface area contributed by atoms with Crippen LogP contribution in [0.3, 0.4) is 0 Å². The molecular weight excluding hydrogens is 745 g/mol. The molecule has 0 aromatic heterocycles. The molecule has 0 bridgehead atoms. The van der Waals surface area contributed by atoms with Gasteiger partial charge >= 0.3 is 6.03 Å². The monoisotopic (exact) mass is 777 g/mol. The molecule has 0 saturated carbocycles. The third kappa shape index (κ3) is 6.70. The number of barbiturate groups is 1. The molecule has 3 aliphatic rings. The number of benzene rings is 5. The Morgan fingerprint density at radius 1 is 0.759 bits per heavy atom.